The van der Waals surface area contributed by atoms with Crippen LogP contribution < -0.4 is 5.32 Å². The standard InChI is InChI=1S/C6H14N2O2/c1-3-8(2)6(10)7-4-5-9/h9H,3-5H2,1-2H3,(H,7,10). The Kier molecular flexibility index (Phi) is 4.66. The first-order valence-electron chi connectivity index (χ1n) is 3.32. The van der Waals surface area contributed by atoms with Crippen LogP contribution in [0.3, 0.4) is 0 Å². The number of nitrogens with zero attached hydrogens (tertiary/aromatic N) is 1. The number of hydrogen-bond acceptors (Lipinski definition) is 2. The van der Waals surface area contributed by atoms with Gasteiger partial charge in [0.25, 0.3) is 0 Å². The average Bonchev–Trinajstić information content (AvgIpc) is 1.98. The summed E-state index contributed by atoms with van der Waals surface area (Å²) < 4.78 is 0. The molecule has 0 aliphatic carbocycles. The molecule has 0 saturated heterocycles. The lowest BCUT2D eigenvalue weighted by atomic mass is 10.6. The Morgan fingerprint density at radius 3 is 2.70 bits per heavy atom. The van der Waals surface area contributed by atoms with E-state index < -0.39 is 0 Å². The topological polar surface area (TPSA) is 52.6 Å². The monoisotopic (exact) mass is 146 g/mol. The lowest BCUT2D eigenvalue weighted by molar-refractivity contribution is 0.206. The summed E-state index contributed by atoms with van der Waals surface area (Å²) >= 11 is 0. The minimum Gasteiger partial charge on any atom is -0.395 e. The summed E-state index contributed by atoms with van der Waals surface area (Å²) in [6, 6.07) is -0.142. The molecule has 0 aromatic rings. The van der Waals surface area contributed by atoms with Gasteiger partial charge < -0.3 is 15.3 Å². The molecule has 2 amide bonds. The van der Waals surface area contributed by atoms with Crippen molar-refractivity contribution in [1.29, 1.82) is 0 Å². The van der Waals surface area contributed by atoms with Gasteiger partial charge in [0.1, 0.15) is 0 Å². The third kappa shape index (κ3) is 3.29. The van der Waals surface area contributed by atoms with Gasteiger partial charge in [0.05, 0.1) is 6.61 Å². The first-order valence-corrected chi connectivity index (χ1v) is 3.32. The number of aliphatic hydroxyl groups is 1. The van der Waals surface area contributed by atoms with E-state index in [9.17, 15) is 4.79 Å². The van der Waals surface area contributed by atoms with Crippen molar-refractivity contribution in [1.82, 2.24) is 10.2 Å². The van der Waals surface area contributed by atoms with Gasteiger partial charge in [0.15, 0.2) is 0 Å². The van der Waals surface area contributed by atoms with Crippen LogP contribution in [0.5, 0.6) is 0 Å². The molecule has 0 heterocycles. The van der Waals surface area contributed by atoms with Crippen LogP contribution >= 0.6 is 0 Å². The smallest absolute Gasteiger partial charge is 0.317 e. The summed E-state index contributed by atoms with van der Waals surface area (Å²) in [5, 5.41) is 10.9. The highest BCUT2D eigenvalue weighted by molar-refractivity contribution is 5.73. The maximum atomic E-state index is 10.8. The maximum Gasteiger partial charge on any atom is 0.317 e. The third-order valence-electron chi connectivity index (χ3n) is 1.21. The van der Waals surface area contributed by atoms with Gasteiger partial charge in [0.2, 0.25) is 0 Å². The minimum absolute atomic E-state index is 0.0106. The number of urea groups is 1. The van der Waals surface area contributed by atoms with Crippen molar-refractivity contribution in [3.63, 3.8) is 0 Å². The predicted octanol–water partition coefficient (Wildman–Crippen LogP) is -0.360. The normalized spacial score (nSPS) is 9.10. The number of amides is 2. The summed E-state index contributed by atoms with van der Waals surface area (Å²) in [6.07, 6.45) is 0. The van der Waals surface area contributed by atoms with Crippen LogP contribution in [-0.2, 0) is 0 Å². The zero-order valence-electron chi connectivity index (χ0n) is 6.42. The van der Waals surface area contributed by atoms with E-state index >= 15 is 0 Å². The highest BCUT2D eigenvalue weighted by atomic mass is 16.3. The fourth-order valence-corrected chi connectivity index (χ4v) is 0.441. The van der Waals surface area contributed by atoms with Gasteiger partial charge in [-0.3, -0.25) is 0 Å². The fourth-order valence-electron chi connectivity index (χ4n) is 0.441. The molecule has 0 saturated carbocycles. The first kappa shape index (κ1) is 9.23. The van der Waals surface area contributed by atoms with Gasteiger partial charge in [-0.25, -0.2) is 4.79 Å². The third-order valence-corrected chi connectivity index (χ3v) is 1.21. The van der Waals surface area contributed by atoms with Crippen molar-refractivity contribution in [2.24, 2.45) is 0 Å². The molecule has 0 aliphatic heterocycles. The maximum absolute atomic E-state index is 10.8. The molecule has 0 fully saturated rings. The van der Waals surface area contributed by atoms with Gasteiger partial charge in [-0.1, -0.05) is 0 Å². The van der Waals surface area contributed by atoms with Crippen LogP contribution in [0.25, 0.3) is 0 Å². The van der Waals surface area contributed by atoms with Crippen molar-refractivity contribution in [2.45, 2.75) is 6.92 Å². The Hall–Kier alpha value is -0.770. The SMILES string of the molecule is CCN(C)C(=O)NCCO. The van der Waals surface area contributed by atoms with Crippen LogP contribution in [0, 0.1) is 0 Å². The molecule has 0 rings (SSSR count). The highest BCUT2D eigenvalue weighted by Crippen LogP contribution is 1.80. The molecule has 0 aliphatic rings. The Balaban J connectivity index is 3.42. The number of rotatable bonds is 3. The van der Waals surface area contributed by atoms with Gasteiger partial charge in [-0.2, -0.15) is 0 Å². The van der Waals surface area contributed by atoms with E-state index in [4.69, 9.17) is 5.11 Å². The summed E-state index contributed by atoms with van der Waals surface area (Å²) in [5.74, 6) is 0. The lowest BCUT2D eigenvalue weighted by Gasteiger charge is -2.14. The van der Waals surface area contributed by atoms with Gasteiger partial charge in [-0.05, 0) is 6.92 Å². The number of nitrogens with one attached hydrogen (secondary N) is 1. The van der Waals surface area contributed by atoms with Crippen LogP contribution in [0.2, 0.25) is 0 Å². The molecule has 4 heteroatoms. The van der Waals surface area contributed by atoms with Crippen LogP contribution in [0.1, 0.15) is 6.92 Å². The van der Waals surface area contributed by atoms with E-state index in [1.54, 1.807) is 7.05 Å². The highest BCUT2D eigenvalue weighted by Gasteiger charge is 2.02. The molecular weight excluding hydrogens is 132 g/mol. The molecule has 0 aromatic carbocycles. The van der Waals surface area contributed by atoms with E-state index in [0.29, 0.717) is 13.1 Å². The predicted molar refractivity (Wildman–Crippen MR) is 38.8 cm³/mol. The van der Waals surface area contributed by atoms with Gasteiger partial charge >= 0.3 is 6.03 Å². The largest absolute Gasteiger partial charge is 0.395 e. The molecule has 4 nitrogen and oxygen atoms in total. The number of carbonyl (C=O) groups excluding carboxylic acids is 1. The van der Waals surface area contributed by atoms with Crippen molar-refractivity contribution in [3.8, 4) is 0 Å². The molecule has 0 unspecified atom stereocenters. The van der Waals surface area contributed by atoms with E-state index in [-0.39, 0.29) is 12.6 Å². The quantitative estimate of drug-likeness (QED) is 0.571. The van der Waals surface area contributed by atoms with Gasteiger partial charge in [0, 0.05) is 20.1 Å². The van der Waals surface area contributed by atoms with Crippen LogP contribution in [0.4, 0.5) is 4.79 Å². The molecule has 0 aromatic heterocycles. The molecule has 10 heavy (non-hydrogen) atoms. The average molecular weight is 146 g/mol. The lowest BCUT2D eigenvalue weighted by Crippen LogP contribution is -2.38. The molecule has 0 radical (unpaired) electrons. The number of carbonyl (C=O) groups is 1. The second-order valence-corrected chi connectivity index (χ2v) is 1.97. The Morgan fingerprint density at radius 2 is 2.30 bits per heavy atom. The summed E-state index contributed by atoms with van der Waals surface area (Å²) in [7, 11) is 1.70. The fraction of sp³-hybridized carbons (Fsp3) is 0.833. The second-order valence-electron chi connectivity index (χ2n) is 1.97. The summed E-state index contributed by atoms with van der Waals surface area (Å²) in [6.45, 7) is 2.88. The van der Waals surface area contributed by atoms with Crippen LogP contribution in [0.15, 0.2) is 0 Å². The van der Waals surface area contributed by atoms with Crippen molar-refractivity contribution >= 4 is 6.03 Å². The zero-order chi connectivity index (χ0) is 7.98. The summed E-state index contributed by atoms with van der Waals surface area (Å²) in [5.41, 5.74) is 0. The van der Waals surface area contributed by atoms with E-state index in [1.165, 1.54) is 4.90 Å². The Bertz CT molecular complexity index is 106. The van der Waals surface area contributed by atoms with Crippen LogP contribution in [-0.4, -0.2) is 42.8 Å². The molecule has 60 valence electrons. The van der Waals surface area contributed by atoms with E-state index in [2.05, 4.69) is 5.32 Å². The molecule has 2 N–H and O–H groups in total. The Labute approximate surface area is 60.8 Å². The van der Waals surface area contributed by atoms with Crippen molar-refractivity contribution in [2.75, 3.05) is 26.7 Å². The van der Waals surface area contributed by atoms with Gasteiger partial charge in [-0.15, -0.1) is 0 Å². The van der Waals surface area contributed by atoms with Crippen molar-refractivity contribution < 1.29 is 9.90 Å². The minimum atomic E-state index is -0.142. The second kappa shape index (κ2) is 5.05. The molecule has 0 spiro atoms. The van der Waals surface area contributed by atoms with Crippen molar-refractivity contribution in [3.05, 3.63) is 0 Å². The summed E-state index contributed by atoms with van der Waals surface area (Å²) in [4.78, 5) is 12.4. The number of hydrogen-bond donors (Lipinski definition) is 2. The van der Waals surface area contributed by atoms with E-state index in [0.717, 1.165) is 0 Å². The molecule has 0 bridgehead atoms. The number of aliphatic hydroxyl groups excluding tert-OH is 1. The van der Waals surface area contributed by atoms with E-state index in [1.807, 2.05) is 6.92 Å². The first-order chi connectivity index (χ1) is 4.72. The molecule has 0 atom stereocenters. The zero-order valence-corrected chi connectivity index (χ0v) is 6.42. The Morgan fingerprint density at radius 1 is 1.70 bits per heavy atom. The molecular formula is C6H14N2O2.